The van der Waals surface area contributed by atoms with Crippen LogP contribution < -0.4 is 10.6 Å². The third-order valence-corrected chi connectivity index (χ3v) is 5.32. The first-order chi connectivity index (χ1) is 13.9. The van der Waals surface area contributed by atoms with E-state index in [1.165, 1.54) is 0 Å². The second-order valence-corrected chi connectivity index (χ2v) is 7.18. The topological polar surface area (TPSA) is 74.8 Å². The maximum atomic E-state index is 5.41. The van der Waals surface area contributed by atoms with Crippen LogP contribution in [0.2, 0.25) is 0 Å². The Bertz CT molecular complexity index is 683. The predicted octanol–water partition coefficient (Wildman–Crippen LogP) is 1.12. The number of nitrogens with zero attached hydrogens (tertiary/aromatic N) is 4. The maximum Gasteiger partial charge on any atom is 0.114 e. The molecule has 2 aromatic heterocycles. The van der Waals surface area contributed by atoms with Crippen LogP contribution in [0, 0.1) is 0 Å². The fourth-order valence-corrected chi connectivity index (χ4v) is 3.68. The Morgan fingerprint density at radius 1 is 0.714 bits per heavy atom. The Balaban J connectivity index is 1.35. The molecule has 0 aromatic carbocycles. The van der Waals surface area contributed by atoms with Gasteiger partial charge in [-0.25, -0.2) is 0 Å². The molecule has 28 heavy (non-hydrogen) atoms. The summed E-state index contributed by atoms with van der Waals surface area (Å²) >= 11 is 0. The molecule has 4 rings (SSSR count). The molecule has 0 aliphatic carbocycles. The minimum absolute atomic E-state index is 0.833. The van der Waals surface area contributed by atoms with E-state index in [1.807, 2.05) is 24.5 Å². The van der Waals surface area contributed by atoms with Gasteiger partial charge in [0.1, 0.15) is 11.0 Å². The highest BCUT2D eigenvalue weighted by atomic mass is 16.5. The van der Waals surface area contributed by atoms with E-state index in [0.29, 0.717) is 0 Å². The van der Waals surface area contributed by atoms with Crippen LogP contribution >= 0.6 is 0 Å². The van der Waals surface area contributed by atoms with Gasteiger partial charge in [0, 0.05) is 64.8 Å². The molecule has 2 aliphatic rings. The molecule has 2 aromatic rings. The van der Waals surface area contributed by atoms with Gasteiger partial charge < -0.3 is 20.1 Å². The monoisotopic (exact) mass is 386 g/mol. The molecule has 0 bridgehead atoms. The van der Waals surface area contributed by atoms with Crippen molar-refractivity contribution in [2.24, 2.45) is 0 Å². The van der Waals surface area contributed by atoms with Crippen LogP contribution in [-0.2, 0) is 9.47 Å². The quantitative estimate of drug-likeness (QED) is 0.699. The Morgan fingerprint density at radius 3 is 1.57 bits per heavy atom. The number of anilines is 2. The summed E-state index contributed by atoms with van der Waals surface area (Å²) in [6.45, 7) is 11.1. The van der Waals surface area contributed by atoms with E-state index < -0.39 is 0 Å². The van der Waals surface area contributed by atoms with E-state index in [0.717, 1.165) is 101 Å². The highest BCUT2D eigenvalue weighted by Crippen LogP contribution is 2.25. The summed E-state index contributed by atoms with van der Waals surface area (Å²) in [5.41, 5.74) is 3.91. The summed E-state index contributed by atoms with van der Waals surface area (Å²) in [6, 6.07) is 4.01. The van der Waals surface area contributed by atoms with Gasteiger partial charge in [0.25, 0.3) is 0 Å². The van der Waals surface area contributed by atoms with Gasteiger partial charge in [-0.1, -0.05) is 0 Å². The van der Waals surface area contributed by atoms with E-state index in [9.17, 15) is 0 Å². The predicted molar refractivity (Wildman–Crippen MR) is 111 cm³/mol. The minimum Gasteiger partial charge on any atom is -0.382 e. The number of pyridine rings is 2. The van der Waals surface area contributed by atoms with E-state index >= 15 is 0 Å². The maximum absolute atomic E-state index is 5.41. The molecule has 0 atom stereocenters. The summed E-state index contributed by atoms with van der Waals surface area (Å²) in [5, 5.41) is 7.07. The first-order valence-corrected chi connectivity index (χ1v) is 10.2. The SMILES string of the molecule is c1cc(NCCN2CCOCC2)c2nccc(NCCN3CCOCC3)c2n1. The van der Waals surface area contributed by atoms with Gasteiger partial charge in [-0.2, -0.15) is 0 Å². The molecule has 8 heteroatoms. The number of rotatable bonds is 8. The fourth-order valence-electron chi connectivity index (χ4n) is 3.68. The van der Waals surface area contributed by atoms with E-state index in [-0.39, 0.29) is 0 Å². The zero-order chi connectivity index (χ0) is 19.0. The molecule has 0 spiro atoms. The Kier molecular flexibility index (Phi) is 6.88. The zero-order valence-corrected chi connectivity index (χ0v) is 16.4. The largest absolute Gasteiger partial charge is 0.382 e. The molecule has 2 fully saturated rings. The van der Waals surface area contributed by atoms with Crippen LogP contribution in [0.4, 0.5) is 11.4 Å². The van der Waals surface area contributed by atoms with Crippen LogP contribution in [0.1, 0.15) is 0 Å². The smallest absolute Gasteiger partial charge is 0.114 e. The molecule has 2 N–H and O–H groups in total. The second kappa shape index (κ2) is 9.97. The van der Waals surface area contributed by atoms with Crippen LogP contribution in [0.3, 0.4) is 0 Å². The molecule has 2 aliphatic heterocycles. The lowest BCUT2D eigenvalue weighted by Gasteiger charge is -2.27. The number of morpholine rings is 2. The normalized spacial score (nSPS) is 19.0. The molecule has 2 saturated heterocycles. The third kappa shape index (κ3) is 5.08. The summed E-state index contributed by atoms with van der Waals surface area (Å²) < 4.78 is 10.8. The van der Waals surface area contributed by atoms with Crippen molar-refractivity contribution in [3.8, 4) is 0 Å². The average molecular weight is 387 g/mol. The molecule has 152 valence electrons. The molecule has 0 unspecified atom stereocenters. The van der Waals surface area contributed by atoms with Crippen molar-refractivity contribution in [1.82, 2.24) is 19.8 Å². The van der Waals surface area contributed by atoms with Crippen LogP contribution in [-0.4, -0.2) is 98.6 Å². The number of fused-ring (bicyclic) bond motifs is 1. The van der Waals surface area contributed by atoms with E-state index in [2.05, 4.69) is 30.4 Å². The minimum atomic E-state index is 0.833. The zero-order valence-electron chi connectivity index (χ0n) is 16.4. The first kappa shape index (κ1) is 19.3. The molecule has 0 saturated carbocycles. The fraction of sp³-hybridized carbons (Fsp3) is 0.600. The highest BCUT2D eigenvalue weighted by molar-refractivity contribution is 5.95. The molecular formula is C20H30N6O2. The van der Waals surface area contributed by atoms with Crippen molar-refractivity contribution in [2.45, 2.75) is 0 Å². The summed E-state index contributed by atoms with van der Waals surface area (Å²) in [7, 11) is 0. The van der Waals surface area contributed by atoms with Crippen molar-refractivity contribution < 1.29 is 9.47 Å². The van der Waals surface area contributed by atoms with Gasteiger partial charge in [0.15, 0.2) is 0 Å². The van der Waals surface area contributed by atoms with Crippen LogP contribution in [0.5, 0.6) is 0 Å². The Hall–Kier alpha value is -2.00. The number of ether oxygens (including phenoxy) is 2. The van der Waals surface area contributed by atoms with Crippen LogP contribution in [0.25, 0.3) is 11.0 Å². The van der Waals surface area contributed by atoms with Crippen molar-refractivity contribution >= 4 is 22.4 Å². The van der Waals surface area contributed by atoms with Gasteiger partial charge in [-0.05, 0) is 12.1 Å². The third-order valence-electron chi connectivity index (χ3n) is 5.32. The summed E-state index contributed by atoms with van der Waals surface area (Å²) in [4.78, 5) is 14.0. The van der Waals surface area contributed by atoms with Crippen LogP contribution in [0.15, 0.2) is 24.5 Å². The molecule has 0 amide bonds. The number of hydrogen-bond donors (Lipinski definition) is 2. The standard InChI is InChI=1S/C20H30N6O2/c1-3-23-20-18(22-6-8-26-11-15-28-16-12-26)2-4-24-19(20)17(1)21-5-7-25-9-13-27-14-10-25/h1-4H,5-16H2,(H,21,23)(H,22,24). The lowest BCUT2D eigenvalue weighted by molar-refractivity contribution is 0.0398. The average Bonchev–Trinajstić information content (AvgIpc) is 2.76. The lowest BCUT2D eigenvalue weighted by Crippen LogP contribution is -2.39. The molecule has 4 heterocycles. The van der Waals surface area contributed by atoms with Crippen molar-refractivity contribution in [3.05, 3.63) is 24.5 Å². The van der Waals surface area contributed by atoms with Crippen molar-refractivity contribution in [3.63, 3.8) is 0 Å². The van der Waals surface area contributed by atoms with Crippen molar-refractivity contribution in [2.75, 3.05) is 89.4 Å². The van der Waals surface area contributed by atoms with Gasteiger partial charge in [0.2, 0.25) is 0 Å². The first-order valence-electron chi connectivity index (χ1n) is 10.2. The molecule has 8 nitrogen and oxygen atoms in total. The van der Waals surface area contributed by atoms with E-state index in [1.54, 1.807) is 0 Å². The molecule has 0 radical (unpaired) electrons. The Labute approximate surface area is 166 Å². The van der Waals surface area contributed by atoms with Gasteiger partial charge >= 0.3 is 0 Å². The number of aromatic nitrogens is 2. The number of hydrogen-bond acceptors (Lipinski definition) is 8. The van der Waals surface area contributed by atoms with Gasteiger partial charge in [0.05, 0.1) is 37.8 Å². The van der Waals surface area contributed by atoms with E-state index in [4.69, 9.17) is 9.47 Å². The number of nitrogens with one attached hydrogen (secondary N) is 2. The summed E-state index contributed by atoms with van der Waals surface area (Å²) in [5.74, 6) is 0. The second-order valence-electron chi connectivity index (χ2n) is 7.18. The molecular weight excluding hydrogens is 356 g/mol. The van der Waals surface area contributed by atoms with Crippen molar-refractivity contribution in [1.29, 1.82) is 0 Å². The lowest BCUT2D eigenvalue weighted by atomic mass is 10.2. The van der Waals surface area contributed by atoms with Gasteiger partial charge in [-0.3, -0.25) is 19.8 Å². The van der Waals surface area contributed by atoms with Gasteiger partial charge in [-0.15, -0.1) is 0 Å². The summed E-state index contributed by atoms with van der Waals surface area (Å²) in [6.07, 6.45) is 3.71. The Morgan fingerprint density at radius 2 is 1.14 bits per heavy atom. The highest BCUT2D eigenvalue weighted by Gasteiger charge is 2.12.